The Bertz CT molecular complexity index is 291. The number of fused-ring (bicyclic) bond motifs is 1. The van der Waals surface area contributed by atoms with Crippen molar-refractivity contribution in [2.24, 2.45) is 11.7 Å². The van der Waals surface area contributed by atoms with Crippen molar-refractivity contribution >= 4 is 23.1 Å². The zero-order chi connectivity index (χ0) is 11.5. The second kappa shape index (κ2) is 5.13. The van der Waals surface area contributed by atoms with E-state index in [1.165, 1.54) is 32.1 Å². The van der Waals surface area contributed by atoms with Crippen LogP contribution in [-0.2, 0) is 4.79 Å². The molecule has 0 aromatic heterocycles. The molecule has 1 aliphatic carbocycles. The van der Waals surface area contributed by atoms with Crippen LogP contribution in [0.5, 0.6) is 0 Å². The SMILES string of the molecule is NC(=S)CC(=O)N1CCCC2CCCCC21. The van der Waals surface area contributed by atoms with E-state index in [1.54, 1.807) is 0 Å². The van der Waals surface area contributed by atoms with E-state index in [4.69, 9.17) is 18.0 Å². The zero-order valence-corrected chi connectivity index (χ0v) is 10.5. The molecule has 16 heavy (non-hydrogen) atoms. The van der Waals surface area contributed by atoms with Gasteiger partial charge in [-0.25, -0.2) is 0 Å². The lowest BCUT2D eigenvalue weighted by atomic mass is 9.78. The topological polar surface area (TPSA) is 46.3 Å². The Labute approximate surface area is 102 Å². The number of likely N-dealkylation sites (tertiary alicyclic amines) is 1. The van der Waals surface area contributed by atoms with E-state index in [1.807, 2.05) is 4.90 Å². The fourth-order valence-electron chi connectivity index (χ4n) is 3.19. The van der Waals surface area contributed by atoms with Gasteiger partial charge in [-0.3, -0.25) is 4.79 Å². The number of amides is 1. The lowest BCUT2D eigenvalue weighted by molar-refractivity contribution is -0.136. The summed E-state index contributed by atoms with van der Waals surface area (Å²) in [5.74, 6) is 0.877. The zero-order valence-electron chi connectivity index (χ0n) is 9.65. The Balaban J connectivity index is 2.01. The summed E-state index contributed by atoms with van der Waals surface area (Å²) in [5, 5.41) is 0. The molecule has 1 heterocycles. The monoisotopic (exact) mass is 240 g/mol. The van der Waals surface area contributed by atoms with Gasteiger partial charge in [-0.05, 0) is 31.6 Å². The maximum atomic E-state index is 12.0. The Hall–Kier alpha value is -0.640. The molecule has 2 atom stereocenters. The van der Waals surface area contributed by atoms with Gasteiger partial charge < -0.3 is 10.6 Å². The average Bonchev–Trinajstić information content (AvgIpc) is 2.27. The summed E-state index contributed by atoms with van der Waals surface area (Å²) in [6.45, 7) is 0.905. The number of carbonyl (C=O) groups excluding carboxylic acids is 1. The summed E-state index contributed by atoms with van der Waals surface area (Å²) in [5.41, 5.74) is 5.45. The highest BCUT2D eigenvalue weighted by atomic mass is 32.1. The summed E-state index contributed by atoms with van der Waals surface area (Å²) >= 11 is 4.82. The minimum Gasteiger partial charge on any atom is -0.393 e. The molecular weight excluding hydrogens is 220 g/mol. The Kier molecular flexibility index (Phi) is 3.79. The maximum absolute atomic E-state index is 12.0. The van der Waals surface area contributed by atoms with E-state index in [2.05, 4.69) is 0 Å². The highest BCUT2D eigenvalue weighted by molar-refractivity contribution is 7.80. The first kappa shape index (κ1) is 11.8. The van der Waals surface area contributed by atoms with Gasteiger partial charge in [0.2, 0.25) is 5.91 Å². The fraction of sp³-hybridized carbons (Fsp3) is 0.833. The van der Waals surface area contributed by atoms with Crippen molar-refractivity contribution in [2.75, 3.05) is 6.54 Å². The molecule has 0 radical (unpaired) electrons. The Morgan fingerprint density at radius 3 is 2.69 bits per heavy atom. The normalized spacial score (nSPS) is 29.6. The van der Waals surface area contributed by atoms with Crippen LogP contribution >= 0.6 is 12.2 Å². The van der Waals surface area contributed by atoms with Gasteiger partial charge in [0, 0.05) is 12.6 Å². The van der Waals surface area contributed by atoms with Crippen LogP contribution in [0.4, 0.5) is 0 Å². The number of thiocarbonyl (C=S) groups is 1. The molecule has 4 heteroatoms. The molecule has 0 spiro atoms. The van der Waals surface area contributed by atoms with E-state index in [0.29, 0.717) is 11.0 Å². The largest absolute Gasteiger partial charge is 0.393 e. The molecule has 90 valence electrons. The molecule has 3 nitrogen and oxygen atoms in total. The van der Waals surface area contributed by atoms with Crippen LogP contribution in [0.15, 0.2) is 0 Å². The molecule has 2 N–H and O–H groups in total. The van der Waals surface area contributed by atoms with E-state index < -0.39 is 0 Å². The summed E-state index contributed by atoms with van der Waals surface area (Å²) in [7, 11) is 0. The van der Waals surface area contributed by atoms with E-state index >= 15 is 0 Å². The first-order valence-electron chi connectivity index (χ1n) is 6.26. The predicted molar refractivity (Wildman–Crippen MR) is 68.1 cm³/mol. The molecule has 1 saturated carbocycles. The molecule has 2 aliphatic rings. The molecule has 2 rings (SSSR count). The highest BCUT2D eigenvalue weighted by Crippen LogP contribution is 2.35. The quantitative estimate of drug-likeness (QED) is 0.749. The number of piperidine rings is 1. The van der Waals surface area contributed by atoms with Crippen molar-refractivity contribution in [2.45, 2.75) is 51.0 Å². The Morgan fingerprint density at radius 1 is 1.25 bits per heavy atom. The number of hydrogen-bond acceptors (Lipinski definition) is 2. The van der Waals surface area contributed by atoms with Gasteiger partial charge >= 0.3 is 0 Å². The van der Waals surface area contributed by atoms with Crippen molar-refractivity contribution in [1.29, 1.82) is 0 Å². The van der Waals surface area contributed by atoms with Gasteiger partial charge in [-0.2, -0.15) is 0 Å². The molecule has 2 unspecified atom stereocenters. The van der Waals surface area contributed by atoms with Crippen molar-refractivity contribution in [3.63, 3.8) is 0 Å². The van der Waals surface area contributed by atoms with E-state index in [-0.39, 0.29) is 12.3 Å². The minimum atomic E-state index is 0.143. The number of nitrogens with zero attached hydrogens (tertiary/aromatic N) is 1. The van der Waals surface area contributed by atoms with Crippen LogP contribution in [-0.4, -0.2) is 28.4 Å². The standard InChI is InChI=1S/C12H20N2OS/c13-11(16)8-12(15)14-7-3-5-9-4-1-2-6-10(9)14/h9-10H,1-8H2,(H2,13,16). The van der Waals surface area contributed by atoms with Crippen LogP contribution in [0.3, 0.4) is 0 Å². The average molecular weight is 240 g/mol. The van der Waals surface area contributed by atoms with Gasteiger partial charge in [0.05, 0.1) is 11.4 Å². The first-order chi connectivity index (χ1) is 7.68. The van der Waals surface area contributed by atoms with Crippen molar-refractivity contribution in [3.05, 3.63) is 0 Å². The summed E-state index contributed by atoms with van der Waals surface area (Å²) in [6, 6.07) is 0.476. The van der Waals surface area contributed by atoms with Crippen LogP contribution in [0, 0.1) is 5.92 Å². The minimum absolute atomic E-state index is 0.143. The van der Waals surface area contributed by atoms with Crippen LogP contribution < -0.4 is 5.73 Å². The van der Waals surface area contributed by atoms with E-state index in [0.717, 1.165) is 18.9 Å². The molecule has 2 fully saturated rings. The predicted octanol–water partition coefficient (Wildman–Crippen LogP) is 1.84. The van der Waals surface area contributed by atoms with Gasteiger partial charge in [-0.15, -0.1) is 0 Å². The third kappa shape index (κ3) is 2.54. The molecule has 1 aliphatic heterocycles. The smallest absolute Gasteiger partial charge is 0.229 e. The number of carbonyl (C=O) groups is 1. The lowest BCUT2D eigenvalue weighted by Crippen LogP contribution is -2.50. The molecule has 0 aromatic carbocycles. The van der Waals surface area contributed by atoms with Gasteiger partial charge in [0.25, 0.3) is 0 Å². The highest BCUT2D eigenvalue weighted by Gasteiger charge is 2.35. The van der Waals surface area contributed by atoms with Gasteiger partial charge in [-0.1, -0.05) is 25.1 Å². The fourth-order valence-corrected chi connectivity index (χ4v) is 3.31. The van der Waals surface area contributed by atoms with Crippen LogP contribution in [0.2, 0.25) is 0 Å². The summed E-state index contributed by atoms with van der Waals surface area (Å²) in [6.07, 6.45) is 7.75. The second-order valence-corrected chi connectivity index (χ2v) is 5.51. The molecular formula is C12H20N2OS. The molecule has 0 aromatic rings. The third-order valence-corrected chi connectivity index (χ3v) is 4.03. The number of nitrogens with two attached hydrogens (primary N) is 1. The number of hydrogen-bond donors (Lipinski definition) is 1. The van der Waals surface area contributed by atoms with Crippen molar-refractivity contribution in [3.8, 4) is 0 Å². The first-order valence-corrected chi connectivity index (χ1v) is 6.67. The maximum Gasteiger partial charge on any atom is 0.229 e. The van der Waals surface area contributed by atoms with Crippen LogP contribution in [0.1, 0.15) is 44.9 Å². The van der Waals surface area contributed by atoms with E-state index in [9.17, 15) is 4.79 Å². The lowest BCUT2D eigenvalue weighted by Gasteiger charge is -2.44. The van der Waals surface area contributed by atoms with Gasteiger partial charge in [0.15, 0.2) is 0 Å². The molecule has 0 bridgehead atoms. The Morgan fingerprint density at radius 2 is 1.94 bits per heavy atom. The van der Waals surface area contributed by atoms with Crippen LogP contribution in [0.25, 0.3) is 0 Å². The molecule has 1 saturated heterocycles. The summed E-state index contributed by atoms with van der Waals surface area (Å²) in [4.78, 5) is 14.4. The number of rotatable bonds is 2. The third-order valence-electron chi connectivity index (χ3n) is 3.89. The van der Waals surface area contributed by atoms with Gasteiger partial charge in [0.1, 0.15) is 0 Å². The second-order valence-electron chi connectivity index (χ2n) is 4.98. The van der Waals surface area contributed by atoms with Crippen molar-refractivity contribution in [1.82, 2.24) is 4.90 Å². The molecule has 1 amide bonds. The summed E-state index contributed by atoms with van der Waals surface area (Å²) < 4.78 is 0. The van der Waals surface area contributed by atoms with Crippen molar-refractivity contribution < 1.29 is 4.79 Å².